The highest BCUT2D eigenvalue weighted by molar-refractivity contribution is 7.99. The van der Waals surface area contributed by atoms with Crippen molar-refractivity contribution >= 4 is 11.8 Å². The summed E-state index contributed by atoms with van der Waals surface area (Å²) in [6, 6.07) is 0. The van der Waals surface area contributed by atoms with Crippen LogP contribution in [-0.2, 0) is 0 Å². The van der Waals surface area contributed by atoms with Gasteiger partial charge in [0.05, 0.1) is 0 Å². The summed E-state index contributed by atoms with van der Waals surface area (Å²) in [7, 11) is 0. The lowest BCUT2D eigenvalue weighted by Crippen LogP contribution is -1.99. The topological polar surface area (TPSA) is 26.0 Å². The second-order valence-corrected chi connectivity index (χ2v) is 5.93. The molecule has 0 aromatic carbocycles. The Morgan fingerprint density at radius 2 is 2.00 bits per heavy atom. The molecule has 0 bridgehead atoms. The molecular formula is C17H29NS. The van der Waals surface area contributed by atoms with Crippen LogP contribution < -0.4 is 5.73 Å². The van der Waals surface area contributed by atoms with Gasteiger partial charge in [0.25, 0.3) is 0 Å². The van der Waals surface area contributed by atoms with Crippen LogP contribution >= 0.6 is 11.8 Å². The minimum Gasteiger partial charge on any atom is -0.330 e. The first-order chi connectivity index (χ1) is 9.36. The van der Waals surface area contributed by atoms with Crippen molar-refractivity contribution in [2.75, 3.05) is 18.1 Å². The van der Waals surface area contributed by atoms with Crippen LogP contribution in [0.25, 0.3) is 0 Å². The molecule has 2 heteroatoms. The van der Waals surface area contributed by atoms with E-state index >= 15 is 0 Å². The predicted molar refractivity (Wildman–Crippen MR) is 90.4 cm³/mol. The van der Waals surface area contributed by atoms with E-state index in [0.717, 1.165) is 25.3 Å². The quantitative estimate of drug-likeness (QED) is 0.405. The first-order valence-corrected chi connectivity index (χ1v) is 8.45. The fourth-order valence-corrected chi connectivity index (χ4v) is 3.49. The molecule has 0 aliphatic heterocycles. The van der Waals surface area contributed by atoms with Crippen molar-refractivity contribution in [3.63, 3.8) is 0 Å². The molecule has 0 radical (unpaired) electrons. The Morgan fingerprint density at radius 3 is 2.58 bits per heavy atom. The van der Waals surface area contributed by atoms with Gasteiger partial charge in [-0.2, -0.15) is 11.8 Å². The Balaban J connectivity index is 0.00000154. The smallest absolute Gasteiger partial charge is 0.0119 e. The number of allylic oxidation sites excluding steroid dienone is 3. The first-order valence-electron chi connectivity index (χ1n) is 7.29. The van der Waals surface area contributed by atoms with Gasteiger partial charge in [0.1, 0.15) is 0 Å². The van der Waals surface area contributed by atoms with Gasteiger partial charge in [-0.15, -0.1) is 12.8 Å². The van der Waals surface area contributed by atoms with Gasteiger partial charge in [-0.25, -0.2) is 0 Å². The fraction of sp³-hybridized carbons (Fsp3) is 0.647. The highest BCUT2D eigenvalue weighted by atomic mass is 32.2. The second-order valence-electron chi connectivity index (χ2n) is 4.86. The van der Waals surface area contributed by atoms with E-state index < -0.39 is 0 Å². The summed E-state index contributed by atoms with van der Waals surface area (Å²) in [5.41, 5.74) is 7.01. The van der Waals surface area contributed by atoms with Crippen molar-refractivity contribution in [1.29, 1.82) is 0 Å². The third kappa shape index (κ3) is 9.87. The van der Waals surface area contributed by atoms with Crippen LogP contribution in [0.3, 0.4) is 0 Å². The number of rotatable bonds is 8. The van der Waals surface area contributed by atoms with Crippen LogP contribution in [-0.4, -0.2) is 18.1 Å². The summed E-state index contributed by atoms with van der Waals surface area (Å²) in [6.07, 6.45) is 22.8. The molecular weight excluding hydrogens is 250 g/mol. The summed E-state index contributed by atoms with van der Waals surface area (Å²) >= 11 is 2.10. The van der Waals surface area contributed by atoms with Crippen molar-refractivity contribution in [1.82, 2.24) is 0 Å². The van der Waals surface area contributed by atoms with Crippen LogP contribution in [0.1, 0.15) is 45.4 Å². The number of terminal acetylenes is 1. The Labute approximate surface area is 124 Å². The maximum absolute atomic E-state index is 5.55. The summed E-state index contributed by atoms with van der Waals surface area (Å²) in [6.45, 7) is 2.88. The number of hydrogen-bond acceptors (Lipinski definition) is 2. The van der Waals surface area contributed by atoms with Crippen LogP contribution in [0.2, 0.25) is 0 Å². The van der Waals surface area contributed by atoms with E-state index in [0.29, 0.717) is 0 Å². The molecule has 1 nitrogen and oxygen atoms in total. The standard InChI is InChI=1S/C15H27NS.C2H2/c1-2-6-14(9-5-11-16)10-12-17-13-15-7-3-4-8-15;1-2/h2,6,10,15H,3-5,7-9,11-13,16H2,1H3;1-2H/b6-2-,14-10+;. The highest BCUT2D eigenvalue weighted by Crippen LogP contribution is 2.27. The molecule has 0 unspecified atom stereocenters. The predicted octanol–water partition coefficient (Wildman–Crippen LogP) is 4.40. The van der Waals surface area contributed by atoms with E-state index in [1.165, 1.54) is 42.8 Å². The summed E-state index contributed by atoms with van der Waals surface area (Å²) in [5, 5.41) is 0. The normalized spacial score (nSPS) is 16.5. The Morgan fingerprint density at radius 1 is 1.32 bits per heavy atom. The van der Waals surface area contributed by atoms with Crippen molar-refractivity contribution in [3.8, 4) is 12.8 Å². The monoisotopic (exact) mass is 279 g/mol. The molecule has 108 valence electrons. The van der Waals surface area contributed by atoms with Gasteiger partial charge in [-0.3, -0.25) is 0 Å². The number of nitrogens with two attached hydrogens (primary N) is 1. The van der Waals surface area contributed by atoms with Crippen LogP contribution in [0.4, 0.5) is 0 Å². The van der Waals surface area contributed by atoms with Crippen LogP contribution in [0.15, 0.2) is 23.8 Å². The molecule has 1 fully saturated rings. The van der Waals surface area contributed by atoms with E-state index in [1.54, 1.807) is 0 Å². The zero-order valence-electron chi connectivity index (χ0n) is 12.3. The lowest BCUT2D eigenvalue weighted by molar-refractivity contribution is 0.623. The molecule has 1 aliphatic rings. The van der Waals surface area contributed by atoms with Gasteiger partial charge in [-0.1, -0.05) is 36.6 Å². The Bertz CT molecular complexity index is 272. The molecule has 0 saturated heterocycles. The average Bonchev–Trinajstić information content (AvgIpc) is 2.96. The zero-order valence-corrected chi connectivity index (χ0v) is 13.1. The molecule has 1 saturated carbocycles. The summed E-state index contributed by atoms with van der Waals surface area (Å²) in [5.74, 6) is 3.53. The average molecular weight is 279 g/mol. The fourth-order valence-electron chi connectivity index (χ4n) is 2.35. The van der Waals surface area contributed by atoms with Gasteiger partial charge >= 0.3 is 0 Å². The minimum atomic E-state index is 0.796. The molecule has 0 aromatic rings. The SMILES string of the molecule is C#C.C/C=C\C(=C/CSCC1CCCC1)CCCN. The molecule has 19 heavy (non-hydrogen) atoms. The molecule has 0 heterocycles. The van der Waals surface area contributed by atoms with Gasteiger partial charge < -0.3 is 5.73 Å². The summed E-state index contributed by atoms with van der Waals surface area (Å²) < 4.78 is 0. The van der Waals surface area contributed by atoms with Gasteiger partial charge in [0, 0.05) is 5.75 Å². The largest absolute Gasteiger partial charge is 0.330 e. The first kappa shape index (κ1) is 18.4. The zero-order chi connectivity index (χ0) is 14.3. The molecule has 1 aliphatic carbocycles. The lowest BCUT2D eigenvalue weighted by Gasteiger charge is -2.07. The molecule has 0 aromatic heterocycles. The molecule has 0 amide bonds. The molecule has 0 spiro atoms. The lowest BCUT2D eigenvalue weighted by atomic mass is 10.1. The van der Waals surface area contributed by atoms with Gasteiger partial charge in [-0.05, 0) is 50.8 Å². The third-order valence-corrected chi connectivity index (χ3v) is 4.45. The van der Waals surface area contributed by atoms with Crippen molar-refractivity contribution in [3.05, 3.63) is 23.8 Å². The number of hydrogen-bond donors (Lipinski definition) is 1. The molecule has 0 atom stereocenters. The Kier molecular flexibility index (Phi) is 13.3. The minimum absolute atomic E-state index is 0.796. The molecule has 2 N–H and O–H groups in total. The highest BCUT2D eigenvalue weighted by Gasteiger charge is 2.13. The van der Waals surface area contributed by atoms with E-state index in [4.69, 9.17) is 5.73 Å². The van der Waals surface area contributed by atoms with E-state index in [-0.39, 0.29) is 0 Å². The third-order valence-electron chi connectivity index (χ3n) is 3.34. The van der Waals surface area contributed by atoms with Crippen molar-refractivity contribution in [2.45, 2.75) is 45.4 Å². The van der Waals surface area contributed by atoms with Crippen LogP contribution in [0.5, 0.6) is 0 Å². The molecule has 1 rings (SSSR count). The van der Waals surface area contributed by atoms with E-state index in [9.17, 15) is 0 Å². The number of thioether (sulfide) groups is 1. The van der Waals surface area contributed by atoms with Gasteiger partial charge in [0.15, 0.2) is 0 Å². The summed E-state index contributed by atoms with van der Waals surface area (Å²) in [4.78, 5) is 0. The Hall–Kier alpha value is -0.650. The maximum Gasteiger partial charge on any atom is 0.0119 e. The maximum atomic E-state index is 5.55. The van der Waals surface area contributed by atoms with Crippen LogP contribution in [0, 0.1) is 18.8 Å². The second kappa shape index (κ2) is 13.8. The van der Waals surface area contributed by atoms with Crippen molar-refractivity contribution in [2.24, 2.45) is 11.7 Å². The van der Waals surface area contributed by atoms with E-state index in [1.807, 2.05) is 0 Å². The van der Waals surface area contributed by atoms with Crippen molar-refractivity contribution < 1.29 is 0 Å². The van der Waals surface area contributed by atoms with Gasteiger partial charge in [0.2, 0.25) is 0 Å². The van der Waals surface area contributed by atoms with E-state index in [2.05, 4.69) is 49.8 Å².